The van der Waals surface area contributed by atoms with Crippen molar-refractivity contribution in [2.75, 3.05) is 39.7 Å². The maximum Gasteiger partial charge on any atom is 0.313 e. The average Bonchev–Trinajstić information content (AvgIpc) is 2.62. The number of carbonyl (C=O) groups excluding carboxylic acids is 1. The number of nitrogens with zero attached hydrogens (tertiary/aromatic N) is 1. The van der Waals surface area contributed by atoms with E-state index in [0.29, 0.717) is 31.6 Å². The van der Waals surface area contributed by atoms with Gasteiger partial charge < -0.3 is 19.5 Å². The van der Waals surface area contributed by atoms with Crippen LogP contribution in [0, 0.1) is 5.41 Å². The molecule has 1 unspecified atom stereocenters. The fraction of sp³-hybridized carbons (Fsp3) is 0.556. The third-order valence-electron chi connectivity index (χ3n) is 4.45. The standard InChI is InChI=1S/C18H25NO5S/c1-23-13-18(17(21)22)9-3-10-19(12-18)16(20)8-11-25-15-6-4-14(24-2)5-7-15/h4-7H,3,8-13H2,1-2H3,(H,21,22). The zero-order valence-electron chi connectivity index (χ0n) is 14.7. The molecule has 1 heterocycles. The number of carboxylic acids is 1. The maximum absolute atomic E-state index is 12.5. The van der Waals surface area contributed by atoms with Gasteiger partial charge in [-0.25, -0.2) is 0 Å². The summed E-state index contributed by atoms with van der Waals surface area (Å²) in [6, 6.07) is 7.70. The van der Waals surface area contributed by atoms with Gasteiger partial charge in [-0.3, -0.25) is 9.59 Å². The van der Waals surface area contributed by atoms with Crippen molar-refractivity contribution < 1.29 is 24.2 Å². The highest BCUT2D eigenvalue weighted by Gasteiger charge is 2.43. The highest BCUT2D eigenvalue weighted by Crippen LogP contribution is 2.31. The molecule has 6 nitrogen and oxygen atoms in total. The highest BCUT2D eigenvalue weighted by atomic mass is 32.2. The molecule has 2 rings (SSSR count). The molecular weight excluding hydrogens is 342 g/mol. The lowest BCUT2D eigenvalue weighted by Crippen LogP contribution is -2.52. The summed E-state index contributed by atoms with van der Waals surface area (Å²) in [5.41, 5.74) is -0.980. The fourth-order valence-corrected chi connectivity index (χ4v) is 3.90. The molecule has 1 amide bonds. The third-order valence-corrected chi connectivity index (χ3v) is 5.46. The average molecular weight is 367 g/mol. The van der Waals surface area contributed by atoms with Crippen molar-refractivity contribution in [1.82, 2.24) is 4.90 Å². The van der Waals surface area contributed by atoms with Crippen LogP contribution in [0.4, 0.5) is 0 Å². The van der Waals surface area contributed by atoms with Gasteiger partial charge in [-0.1, -0.05) is 0 Å². The van der Waals surface area contributed by atoms with E-state index in [1.807, 2.05) is 24.3 Å². The first kappa shape index (κ1) is 19.6. The van der Waals surface area contributed by atoms with Gasteiger partial charge in [0.15, 0.2) is 0 Å². The molecule has 0 radical (unpaired) electrons. The number of likely N-dealkylation sites (tertiary alicyclic amines) is 1. The molecule has 25 heavy (non-hydrogen) atoms. The fourth-order valence-electron chi connectivity index (χ4n) is 3.06. The number of aliphatic carboxylic acids is 1. The second-order valence-corrected chi connectivity index (χ2v) is 7.38. The minimum atomic E-state index is -0.980. The topological polar surface area (TPSA) is 76.1 Å². The molecular formula is C18H25NO5S. The number of carboxylic acid groups (broad SMARTS) is 1. The van der Waals surface area contributed by atoms with Crippen LogP contribution in [0.2, 0.25) is 0 Å². The van der Waals surface area contributed by atoms with Gasteiger partial charge in [0.2, 0.25) is 5.91 Å². The van der Waals surface area contributed by atoms with Crippen molar-refractivity contribution in [3.8, 4) is 5.75 Å². The molecule has 1 aromatic rings. The molecule has 1 aromatic carbocycles. The molecule has 7 heteroatoms. The number of carbonyl (C=O) groups is 2. The SMILES string of the molecule is COCC1(C(=O)O)CCCN(C(=O)CCSc2ccc(OC)cc2)C1. The number of ether oxygens (including phenoxy) is 2. The second-order valence-electron chi connectivity index (χ2n) is 6.21. The molecule has 0 spiro atoms. The first-order chi connectivity index (χ1) is 12.0. The van der Waals surface area contributed by atoms with Gasteiger partial charge >= 0.3 is 5.97 Å². The minimum absolute atomic E-state index is 0.00226. The Morgan fingerprint density at radius 1 is 1.28 bits per heavy atom. The van der Waals surface area contributed by atoms with Gasteiger partial charge in [0.25, 0.3) is 0 Å². The van der Waals surface area contributed by atoms with Gasteiger partial charge in [0, 0.05) is 37.3 Å². The molecule has 1 atom stereocenters. The number of hydrogen-bond acceptors (Lipinski definition) is 5. The van der Waals surface area contributed by atoms with Crippen LogP contribution in [0.1, 0.15) is 19.3 Å². The van der Waals surface area contributed by atoms with Crippen LogP contribution in [0.5, 0.6) is 5.75 Å². The van der Waals surface area contributed by atoms with E-state index in [4.69, 9.17) is 9.47 Å². The quantitative estimate of drug-likeness (QED) is 0.712. The van der Waals surface area contributed by atoms with Crippen molar-refractivity contribution >= 4 is 23.6 Å². The van der Waals surface area contributed by atoms with E-state index in [0.717, 1.165) is 10.6 Å². The third kappa shape index (κ3) is 5.12. The molecule has 0 aliphatic carbocycles. The summed E-state index contributed by atoms with van der Waals surface area (Å²) in [4.78, 5) is 26.9. The summed E-state index contributed by atoms with van der Waals surface area (Å²) >= 11 is 1.60. The van der Waals surface area contributed by atoms with Crippen LogP contribution < -0.4 is 4.74 Å². The zero-order chi connectivity index (χ0) is 18.3. The number of rotatable bonds is 8. The van der Waals surface area contributed by atoms with Crippen LogP contribution >= 0.6 is 11.8 Å². The van der Waals surface area contributed by atoms with Gasteiger partial charge in [0.1, 0.15) is 11.2 Å². The second kappa shape index (κ2) is 9.10. The zero-order valence-corrected chi connectivity index (χ0v) is 15.5. The van der Waals surface area contributed by atoms with E-state index in [9.17, 15) is 14.7 Å². The molecule has 1 fully saturated rings. The van der Waals surface area contributed by atoms with Gasteiger partial charge in [-0.15, -0.1) is 11.8 Å². The monoisotopic (exact) mass is 367 g/mol. The summed E-state index contributed by atoms with van der Waals surface area (Å²) < 4.78 is 10.2. The smallest absolute Gasteiger partial charge is 0.313 e. The Bertz CT molecular complexity index is 588. The number of thioether (sulfide) groups is 1. The van der Waals surface area contributed by atoms with E-state index in [2.05, 4.69) is 0 Å². The molecule has 1 N–H and O–H groups in total. The number of piperidine rings is 1. The Hall–Kier alpha value is -1.73. The molecule has 1 saturated heterocycles. The Kier molecular flexibility index (Phi) is 7.13. The molecule has 138 valence electrons. The number of hydrogen-bond donors (Lipinski definition) is 1. The van der Waals surface area contributed by atoms with Crippen LogP contribution in [-0.4, -0.2) is 61.6 Å². The number of methoxy groups -OCH3 is 2. The molecule has 0 aromatic heterocycles. The molecule has 1 aliphatic heterocycles. The van der Waals surface area contributed by atoms with Gasteiger partial charge in [-0.05, 0) is 37.1 Å². The molecule has 0 bridgehead atoms. The van der Waals surface area contributed by atoms with E-state index < -0.39 is 11.4 Å². The predicted octanol–water partition coefficient (Wildman–Crippen LogP) is 2.52. The van der Waals surface area contributed by atoms with Gasteiger partial charge in [-0.2, -0.15) is 0 Å². The Labute approximate surface area is 152 Å². The van der Waals surface area contributed by atoms with E-state index in [1.165, 1.54) is 7.11 Å². The number of benzene rings is 1. The van der Waals surface area contributed by atoms with Crippen molar-refractivity contribution in [2.45, 2.75) is 24.2 Å². The van der Waals surface area contributed by atoms with Crippen LogP contribution in [0.3, 0.4) is 0 Å². The Morgan fingerprint density at radius 3 is 2.60 bits per heavy atom. The van der Waals surface area contributed by atoms with Gasteiger partial charge in [0.05, 0.1) is 13.7 Å². The van der Waals surface area contributed by atoms with E-state index >= 15 is 0 Å². The van der Waals surface area contributed by atoms with Crippen molar-refractivity contribution in [1.29, 1.82) is 0 Å². The Balaban J connectivity index is 1.86. The van der Waals surface area contributed by atoms with E-state index in [1.54, 1.807) is 23.8 Å². The predicted molar refractivity (Wildman–Crippen MR) is 96.1 cm³/mol. The lowest BCUT2D eigenvalue weighted by Gasteiger charge is -2.39. The minimum Gasteiger partial charge on any atom is -0.497 e. The summed E-state index contributed by atoms with van der Waals surface area (Å²) in [7, 11) is 3.12. The lowest BCUT2D eigenvalue weighted by atomic mass is 9.80. The summed E-state index contributed by atoms with van der Waals surface area (Å²) in [6.07, 6.45) is 1.62. The number of amides is 1. The first-order valence-corrected chi connectivity index (χ1v) is 9.26. The lowest BCUT2D eigenvalue weighted by molar-refractivity contribution is -0.159. The van der Waals surface area contributed by atoms with Crippen molar-refractivity contribution in [2.24, 2.45) is 5.41 Å². The largest absolute Gasteiger partial charge is 0.497 e. The summed E-state index contributed by atoms with van der Waals surface area (Å²) in [6.45, 7) is 0.972. The Morgan fingerprint density at radius 2 is 2.00 bits per heavy atom. The van der Waals surface area contributed by atoms with Crippen LogP contribution in [-0.2, 0) is 14.3 Å². The molecule has 0 saturated carbocycles. The van der Waals surface area contributed by atoms with Crippen LogP contribution in [0.15, 0.2) is 29.2 Å². The normalized spacial score (nSPS) is 20.3. The summed E-state index contributed by atoms with van der Waals surface area (Å²) in [5.74, 6) is 0.574. The maximum atomic E-state index is 12.5. The highest BCUT2D eigenvalue weighted by molar-refractivity contribution is 7.99. The van der Waals surface area contributed by atoms with Crippen LogP contribution in [0.25, 0.3) is 0 Å². The molecule has 1 aliphatic rings. The van der Waals surface area contributed by atoms with Crippen molar-refractivity contribution in [3.05, 3.63) is 24.3 Å². The summed E-state index contributed by atoms with van der Waals surface area (Å²) in [5, 5.41) is 9.55. The van der Waals surface area contributed by atoms with Crippen molar-refractivity contribution in [3.63, 3.8) is 0 Å². The first-order valence-electron chi connectivity index (χ1n) is 8.28. The van der Waals surface area contributed by atoms with E-state index in [-0.39, 0.29) is 19.1 Å².